The van der Waals surface area contributed by atoms with Crippen molar-refractivity contribution in [3.63, 3.8) is 0 Å². The normalized spacial score (nSPS) is 20.8. The van der Waals surface area contributed by atoms with Crippen LogP contribution in [0.15, 0.2) is 53.4 Å². The quantitative estimate of drug-likeness (QED) is 0.785. The lowest BCUT2D eigenvalue weighted by Crippen LogP contribution is -3.12. The third kappa shape index (κ3) is 4.22. The molecule has 1 fully saturated rings. The summed E-state index contributed by atoms with van der Waals surface area (Å²) in [5.41, 5.74) is 2.82. The Balaban J connectivity index is 1.52. The minimum absolute atomic E-state index is 0.0340. The van der Waals surface area contributed by atoms with Crippen molar-refractivity contribution in [2.45, 2.75) is 30.2 Å². The highest BCUT2D eigenvalue weighted by molar-refractivity contribution is 7.89. The van der Waals surface area contributed by atoms with Gasteiger partial charge in [-0.05, 0) is 48.6 Å². The van der Waals surface area contributed by atoms with Gasteiger partial charge >= 0.3 is 0 Å². The number of likely N-dealkylation sites (N-methyl/N-ethyl adjacent to an activating group) is 1. The van der Waals surface area contributed by atoms with Crippen LogP contribution >= 0.6 is 0 Å². The van der Waals surface area contributed by atoms with Crippen LogP contribution in [0, 0.1) is 0 Å². The van der Waals surface area contributed by atoms with Gasteiger partial charge in [0, 0.05) is 5.56 Å². The number of nitrogens with one attached hydrogen (secondary N) is 2. The van der Waals surface area contributed by atoms with Crippen molar-refractivity contribution in [3.8, 4) is 0 Å². The molecule has 0 spiro atoms. The van der Waals surface area contributed by atoms with E-state index in [9.17, 15) is 13.2 Å². The van der Waals surface area contributed by atoms with Gasteiger partial charge in [-0.15, -0.1) is 0 Å². The molecular weight excluding hydrogens is 386 g/mol. The number of carbonyl (C=O) groups excluding carboxylic acids is 1. The third-order valence-electron chi connectivity index (χ3n) is 5.98. The number of hydrogen-bond donors (Lipinski definition) is 2. The Labute approximate surface area is 172 Å². The predicted molar refractivity (Wildman–Crippen MR) is 111 cm³/mol. The maximum Gasteiger partial charge on any atom is 0.251 e. The number of quaternary nitrogens is 1. The van der Waals surface area contributed by atoms with E-state index in [1.54, 1.807) is 18.2 Å². The highest BCUT2D eigenvalue weighted by Crippen LogP contribution is 2.29. The van der Waals surface area contributed by atoms with Crippen molar-refractivity contribution in [2.24, 2.45) is 0 Å². The molecule has 1 saturated heterocycles. The molecule has 4 rings (SSSR count). The van der Waals surface area contributed by atoms with Gasteiger partial charge in [0.2, 0.25) is 10.0 Å². The molecule has 1 aliphatic heterocycles. The number of hydrogen-bond acceptors (Lipinski definition) is 3. The standard InChI is InChI=1S/C22H27N3O3S/c1-24-12-14-25(15-13-24)29(27,28)19-9-4-8-18(16-19)22(26)23-21-11-5-7-17-6-2-3-10-20(17)21/h2-4,6,8-10,16,21H,5,7,11-15H2,1H3,(H,23,26)/p+1/t21-/m0/s1. The zero-order valence-corrected chi connectivity index (χ0v) is 17.5. The highest BCUT2D eigenvalue weighted by Gasteiger charge is 2.30. The molecule has 154 valence electrons. The molecule has 1 amide bonds. The first kappa shape index (κ1) is 20.1. The van der Waals surface area contributed by atoms with E-state index in [0.29, 0.717) is 18.7 Å². The maximum atomic E-state index is 13.0. The van der Waals surface area contributed by atoms with Crippen molar-refractivity contribution in [2.75, 3.05) is 33.2 Å². The zero-order valence-electron chi connectivity index (χ0n) is 16.7. The van der Waals surface area contributed by atoms with E-state index in [-0.39, 0.29) is 16.8 Å². The summed E-state index contributed by atoms with van der Waals surface area (Å²) in [4.78, 5) is 14.4. The largest absolute Gasteiger partial charge is 0.345 e. The second kappa shape index (κ2) is 8.26. The molecule has 2 N–H and O–H groups in total. The molecule has 0 saturated carbocycles. The summed E-state index contributed by atoms with van der Waals surface area (Å²) in [7, 11) is -1.52. The Morgan fingerprint density at radius 1 is 1.10 bits per heavy atom. The first-order valence-electron chi connectivity index (χ1n) is 10.3. The van der Waals surface area contributed by atoms with Crippen LogP contribution in [-0.2, 0) is 16.4 Å². The number of fused-ring (bicyclic) bond motifs is 1. The van der Waals surface area contributed by atoms with Crippen molar-refractivity contribution < 1.29 is 18.1 Å². The average Bonchev–Trinajstić information content (AvgIpc) is 2.74. The van der Waals surface area contributed by atoms with Crippen molar-refractivity contribution in [1.29, 1.82) is 0 Å². The van der Waals surface area contributed by atoms with Crippen LogP contribution in [0.4, 0.5) is 0 Å². The molecule has 0 bridgehead atoms. The molecule has 1 aliphatic carbocycles. The first-order chi connectivity index (χ1) is 13.9. The molecule has 2 aromatic rings. The van der Waals surface area contributed by atoms with Crippen molar-refractivity contribution in [1.82, 2.24) is 9.62 Å². The Bertz CT molecular complexity index is 998. The number of sulfonamides is 1. The molecule has 2 aromatic carbocycles. The van der Waals surface area contributed by atoms with Crippen LogP contribution in [0.25, 0.3) is 0 Å². The topological polar surface area (TPSA) is 70.9 Å². The lowest BCUT2D eigenvalue weighted by atomic mass is 9.87. The Kier molecular flexibility index (Phi) is 5.72. The van der Waals surface area contributed by atoms with Crippen LogP contribution in [0.1, 0.15) is 40.4 Å². The summed E-state index contributed by atoms with van der Waals surface area (Å²) < 4.78 is 27.5. The minimum Gasteiger partial charge on any atom is -0.345 e. The number of rotatable bonds is 4. The van der Waals surface area contributed by atoms with E-state index in [1.807, 2.05) is 12.1 Å². The van der Waals surface area contributed by atoms with Gasteiger partial charge in [0.25, 0.3) is 5.91 Å². The number of nitrogens with zero attached hydrogens (tertiary/aromatic N) is 1. The van der Waals surface area contributed by atoms with Crippen LogP contribution in [0.2, 0.25) is 0 Å². The first-order valence-corrected chi connectivity index (χ1v) is 11.7. The van der Waals surface area contributed by atoms with Crippen molar-refractivity contribution in [3.05, 3.63) is 65.2 Å². The zero-order chi connectivity index (χ0) is 20.4. The van der Waals surface area contributed by atoms with E-state index >= 15 is 0 Å². The number of aryl methyl sites for hydroxylation is 1. The molecular formula is C22H28N3O3S+. The van der Waals surface area contributed by atoms with E-state index in [0.717, 1.165) is 37.9 Å². The van der Waals surface area contributed by atoms with Crippen LogP contribution in [-0.4, -0.2) is 51.9 Å². The SMILES string of the molecule is C[NH+]1CCN(S(=O)(=O)c2cccc(C(=O)N[C@H]3CCCc4ccccc43)c2)CC1. The van der Waals surface area contributed by atoms with Crippen LogP contribution < -0.4 is 10.2 Å². The predicted octanol–water partition coefficient (Wildman–Crippen LogP) is 1.01. The van der Waals surface area contributed by atoms with E-state index in [1.165, 1.54) is 20.8 Å². The highest BCUT2D eigenvalue weighted by atomic mass is 32.2. The fourth-order valence-corrected chi connectivity index (χ4v) is 5.69. The number of amides is 1. The number of carbonyl (C=O) groups is 1. The van der Waals surface area contributed by atoms with E-state index in [2.05, 4.69) is 24.5 Å². The summed E-state index contributed by atoms with van der Waals surface area (Å²) in [5, 5.41) is 3.10. The summed E-state index contributed by atoms with van der Waals surface area (Å²) >= 11 is 0. The van der Waals surface area contributed by atoms with Gasteiger partial charge in [-0.3, -0.25) is 4.79 Å². The third-order valence-corrected chi connectivity index (χ3v) is 7.88. The second-order valence-corrected chi connectivity index (χ2v) is 9.94. The fourth-order valence-electron chi connectivity index (χ4n) is 4.20. The minimum atomic E-state index is -3.58. The molecule has 1 heterocycles. The van der Waals surface area contributed by atoms with Gasteiger partial charge in [0.05, 0.1) is 44.2 Å². The van der Waals surface area contributed by atoms with Gasteiger partial charge in [-0.25, -0.2) is 8.42 Å². The second-order valence-electron chi connectivity index (χ2n) is 8.01. The average molecular weight is 415 g/mol. The summed E-state index contributed by atoms with van der Waals surface area (Å²) in [5.74, 6) is -0.230. The fraction of sp³-hybridized carbons (Fsp3) is 0.409. The maximum absolute atomic E-state index is 13.0. The van der Waals surface area contributed by atoms with E-state index in [4.69, 9.17) is 0 Å². The summed E-state index contributed by atoms with van der Waals surface area (Å²) in [6.45, 7) is 2.59. The van der Waals surface area contributed by atoms with Crippen LogP contribution in [0.5, 0.6) is 0 Å². The number of benzene rings is 2. The molecule has 0 aromatic heterocycles. The van der Waals surface area contributed by atoms with Gasteiger partial charge in [0.15, 0.2) is 0 Å². The summed E-state index contributed by atoms with van der Waals surface area (Å²) in [6, 6.07) is 14.6. The molecule has 2 aliphatic rings. The van der Waals surface area contributed by atoms with Gasteiger partial charge in [-0.1, -0.05) is 30.3 Å². The Morgan fingerprint density at radius 2 is 1.86 bits per heavy atom. The monoisotopic (exact) mass is 414 g/mol. The van der Waals surface area contributed by atoms with Crippen LogP contribution in [0.3, 0.4) is 0 Å². The smallest absolute Gasteiger partial charge is 0.251 e. The van der Waals surface area contributed by atoms with Gasteiger partial charge in [0.1, 0.15) is 0 Å². The molecule has 1 atom stereocenters. The molecule has 29 heavy (non-hydrogen) atoms. The molecule has 6 nitrogen and oxygen atoms in total. The molecule has 0 unspecified atom stereocenters. The molecule has 7 heteroatoms. The summed E-state index contributed by atoms with van der Waals surface area (Å²) in [6.07, 6.45) is 2.95. The lowest BCUT2D eigenvalue weighted by Gasteiger charge is -2.29. The van der Waals surface area contributed by atoms with Gasteiger partial charge in [-0.2, -0.15) is 4.31 Å². The van der Waals surface area contributed by atoms with E-state index < -0.39 is 10.0 Å². The molecule has 0 radical (unpaired) electrons. The Hall–Kier alpha value is -2.22. The lowest BCUT2D eigenvalue weighted by molar-refractivity contribution is -0.883. The van der Waals surface area contributed by atoms with Gasteiger partial charge < -0.3 is 10.2 Å². The number of piperazine rings is 1. The van der Waals surface area contributed by atoms with Crippen molar-refractivity contribution >= 4 is 15.9 Å². The Morgan fingerprint density at radius 3 is 2.66 bits per heavy atom.